The van der Waals surface area contributed by atoms with E-state index in [1.54, 1.807) is 17.5 Å². The molecule has 0 spiro atoms. The molecule has 0 unspecified atom stereocenters. The average molecular weight is 426 g/mol. The summed E-state index contributed by atoms with van der Waals surface area (Å²) in [5, 5.41) is 2.03. The molecule has 2 saturated heterocycles. The quantitative estimate of drug-likeness (QED) is 0.607. The van der Waals surface area contributed by atoms with Crippen molar-refractivity contribution in [1.29, 1.82) is 0 Å². The lowest BCUT2D eigenvalue weighted by atomic mass is 10.1. The number of aromatic nitrogens is 3. The monoisotopic (exact) mass is 425 g/mol. The van der Waals surface area contributed by atoms with Gasteiger partial charge < -0.3 is 9.64 Å². The van der Waals surface area contributed by atoms with Crippen molar-refractivity contribution < 1.29 is 9.53 Å². The van der Waals surface area contributed by atoms with Gasteiger partial charge in [0.25, 0.3) is 5.91 Å². The fraction of sp³-hybridized carbons (Fsp3) is 0.500. The topological polar surface area (TPSA) is 63.0 Å². The van der Waals surface area contributed by atoms with Gasteiger partial charge in [0.05, 0.1) is 24.1 Å². The molecule has 7 nitrogen and oxygen atoms in total. The van der Waals surface area contributed by atoms with Crippen molar-refractivity contribution in [2.45, 2.75) is 44.9 Å². The number of rotatable bonds is 6. The molecule has 5 heterocycles. The number of amides is 1. The third-order valence-electron chi connectivity index (χ3n) is 5.99. The van der Waals surface area contributed by atoms with Gasteiger partial charge in [-0.25, -0.2) is 4.98 Å². The molecule has 0 saturated carbocycles. The number of likely N-dealkylation sites (tertiary alicyclic amines) is 2. The van der Waals surface area contributed by atoms with E-state index in [4.69, 9.17) is 9.72 Å². The van der Waals surface area contributed by atoms with Crippen molar-refractivity contribution in [3.8, 4) is 0 Å². The first-order valence-corrected chi connectivity index (χ1v) is 11.6. The number of piperidine rings is 1. The van der Waals surface area contributed by atoms with Crippen LogP contribution in [-0.4, -0.2) is 62.4 Å². The van der Waals surface area contributed by atoms with Gasteiger partial charge in [-0.2, -0.15) is 0 Å². The van der Waals surface area contributed by atoms with Crippen LogP contribution in [0.1, 0.15) is 47.6 Å². The Morgan fingerprint density at radius 2 is 2.10 bits per heavy atom. The van der Waals surface area contributed by atoms with Crippen molar-refractivity contribution in [3.05, 3.63) is 53.1 Å². The second kappa shape index (κ2) is 8.83. The van der Waals surface area contributed by atoms with E-state index < -0.39 is 0 Å². The van der Waals surface area contributed by atoms with Crippen LogP contribution in [0.3, 0.4) is 0 Å². The van der Waals surface area contributed by atoms with Gasteiger partial charge in [-0.3, -0.25) is 19.1 Å². The third kappa shape index (κ3) is 4.12. The smallest absolute Gasteiger partial charge is 0.274 e. The maximum absolute atomic E-state index is 13.1. The summed E-state index contributed by atoms with van der Waals surface area (Å²) in [5.41, 5.74) is 2.60. The molecule has 2 aliphatic rings. The predicted octanol–water partition coefficient (Wildman–Crippen LogP) is 3.21. The zero-order chi connectivity index (χ0) is 20.3. The van der Waals surface area contributed by atoms with Gasteiger partial charge in [-0.15, -0.1) is 11.3 Å². The molecule has 3 aromatic rings. The van der Waals surface area contributed by atoms with Gasteiger partial charge in [-0.05, 0) is 44.4 Å². The highest BCUT2D eigenvalue weighted by atomic mass is 32.1. The van der Waals surface area contributed by atoms with E-state index in [0.717, 1.165) is 74.8 Å². The highest BCUT2D eigenvalue weighted by molar-refractivity contribution is 7.15. The van der Waals surface area contributed by atoms with Crippen molar-refractivity contribution in [1.82, 2.24) is 24.2 Å². The molecule has 1 atom stereocenters. The molecule has 2 aliphatic heterocycles. The Morgan fingerprint density at radius 1 is 1.20 bits per heavy atom. The molecular formula is C22H27N5O2S. The van der Waals surface area contributed by atoms with Crippen LogP contribution in [0.5, 0.6) is 0 Å². The molecule has 8 heteroatoms. The maximum Gasteiger partial charge on any atom is 0.274 e. The number of hydrogen-bond donors (Lipinski definition) is 0. The van der Waals surface area contributed by atoms with Gasteiger partial charge in [0, 0.05) is 44.0 Å². The summed E-state index contributed by atoms with van der Waals surface area (Å²) in [6.07, 6.45) is 8.34. The molecule has 30 heavy (non-hydrogen) atoms. The van der Waals surface area contributed by atoms with Crippen molar-refractivity contribution in [2.75, 3.05) is 26.2 Å². The van der Waals surface area contributed by atoms with Gasteiger partial charge in [-0.1, -0.05) is 6.07 Å². The van der Waals surface area contributed by atoms with Crippen molar-refractivity contribution >= 4 is 22.2 Å². The lowest BCUT2D eigenvalue weighted by Crippen LogP contribution is -2.40. The Bertz CT molecular complexity index is 996. The molecular weight excluding hydrogens is 398 g/mol. The maximum atomic E-state index is 13.1. The zero-order valence-electron chi connectivity index (χ0n) is 17.1. The van der Waals surface area contributed by atoms with Crippen LogP contribution in [0.15, 0.2) is 36.0 Å². The Morgan fingerprint density at radius 3 is 2.93 bits per heavy atom. The van der Waals surface area contributed by atoms with Crippen LogP contribution in [0.2, 0.25) is 0 Å². The molecule has 5 rings (SSSR count). The first kappa shape index (κ1) is 19.7. The standard InChI is InChI=1S/C22H27N5O2S/c28-21(26-10-3-4-11-26)20-19(27-12-13-30-22(27)24-20)15-25-9-5-7-18(14-25)29-16-17-6-1-2-8-23-17/h1-2,6,8,12-13,18H,3-5,7,9-11,14-16H2/t18-/m1/s1. The van der Waals surface area contributed by atoms with Crippen LogP contribution >= 0.6 is 11.3 Å². The third-order valence-corrected chi connectivity index (χ3v) is 6.74. The highest BCUT2D eigenvalue weighted by Crippen LogP contribution is 2.24. The van der Waals surface area contributed by atoms with Gasteiger partial charge in [0.15, 0.2) is 10.7 Å². The molecule has 0 bridgehead atoms. The number of fused-ring (bicyclic) bond motifs is 1. The fourth-order valence-corrected chi connectivity index (χ4v) is 5.15. The Labute approximate surface area is 180 Å². The van der Waals surface area contributed by atoms with Crippen molar-refractivity contribution in [3.63, 3.8) is 0 Å². The normalized spacial score (nSPS) is 20.3. The molecule has 0 aromatic carbocycles. The molecule has 2 fully saturated rings. The van der Waals surface area contributed by atoms with Crippen LogP contribution < -0.4 is 0 Å². The summed E-state index contributed by atoms with van der Waals surface area (Å²) in [5.74, 6) is 0.0818. The summed E-state index contributed by atoms with van der Waals surface area (Å²) < 4.78 is 8.24. The minimum absolute atomic E-state index is 0.0818. The summed E-state index contributed by atoms with van der Waals surface area (Å²) in [6, 6.07) is 5.91. The SMILES string of the molecule is O=C(c1nc2sccn2c1CN1CCC[C@@H](OCc2ccccn2)C1)N1CCCC1. The highest BCUT2D eigenvalue weighted by Gasteiger charge is 2.29. The Balaban J connectivity index is 1.29. The van der Waals surface area contributed by atoms with E-state index in [0.29, 0.717) is 12.3 Å². The minimum atomic E-state index is 0.0818. The predicted molar refractivity (Wildman–Crippen MR) is 116 cm³/mol. The van der Waals surface area contributed by atoms with E-state index in [9.17, 15) is 4.79 Å². The fourth-order valence-electron chi connectivity index (χ4n) is 4.42. The van der Waals surface area contributed by atoms with E-state index in [-0.39, 0.29) is 12.0 Å². The zero-order valence-corrected chi connectivity index (χ0v) is 17.9. The number of nitrogens with zero attached hydrogens (tertiary/aromatic N) is 5. The lowest BCUT2D eigenvalue weighted by molar-refractivity contribution is -0.0136. The van der Waals surface area contributed by atoms with E-state index in [1.165, 1.54) is 0 Å². The Kier molecular flexibility index (Phi) is 5.79. The Hall–Kier alpha value is -2.29. The first-order chi connectivity index (χ1) is 14.8. The number of pyridine rings is 1. The molecule has 158 valence electrons. The van der Waals surface area contributed by atoms with E-state index in [1.807, 2.05) is 34.7 Å². The molecule has 1 amide bonds. The van der Waals surface area contributed by atoms with Gasteiger partial charge in [0.1, 0.15) is 0 Å². The first-order valence-electron chi connectivity index (χ1n) is 10.8. The van der Waals surface area contributed by atoms with Crippen LogP contribution in [0, 0.1) is 0 Å². The van der Waals surface area contributed by atoms with Gasteiger partial charge >= 0.3 is 0 Å². The van der Waals surface area contributed by atoms with E-state index >= 15 is 0 Å². The second-order valence-electron chi connectivity index (χ2n) is 8.09. The lowest BCUT2D eigenvalue weighted by Gasteiger charge is -2.32. The van der Waals surface area contributed by atoms with Gasteiger partial charge in [0.2, 0.25) is 0 Å². The molecule has 0 N–H and O–H groups in total. The molecule has 3 aromatic heterocycles. The summed E-state index contributed by atoms with van der Waals surface area (Å²) in [6.45, 7) is 4.82. The molecule has 0 radical (unpaired) electrons. The summed E-state index contributed by atoms with van der Waals surface area (Å²) in [4.78, 5) is 27.4. The van der Waals surface area contributed by atoms with Crippen LogP contribution in [-0.2, 0) is 17.9 Å². The number of carbonyl (C=O) groups is 1. The minimum Gasteiger partial charge on any atom is -0.371 e. The number of imidazole rings is 1. The number of ether oxygens (including phenoxy) is 1. The largest absolute Gasteiger partial charge is 0.371 e. The van der Waals surface area contributed by atoms with Crippen LogP contribution in [0.25, 0.3) is 4.96 Å². The second-order valence-corrected chi connectivity index (χ2v) is 8.97. The van der Waals surface area contributed by atoms with Crippen LogP contribution in [0.4, 0.5) is 0 Å². The summed E-state index contributed by atoms with van der Waals surface area (Å²) >= 11 is 1.58. The number of carbonyl (C=O) groups excluding carboxylic acids is 1. The summed E-state index contributed by atoms with van der Waals surface area (Å²) in [7, 11) is 0. The number of thiazole rings is 1. The van der Waals surface area contributed by atoms with Crippen molar-refractivity contribution in [2.24, 2.45) is 0 Å². The molecule has 0 aliphatic carbocycles. The number of hydrogen-bond acceptors (Lipinski definition) is 6. The van der Waals surface area contributed by atoms with E-state index in [2.05, 4.69) is 14.3 Å². The average Bonchev–Trinajstić information content (AvgIpc) is 3.52.